The molecular formula is C135H79N7O3. The topological polar surface area (TPSA) is 73.4 Å². The number of nitrogens with zero attached hydrogens (tertiary/aromatic N) is 7. The Bertz CT molecular complexity index is 11400. The predicted octanol–water partition coefficient (Wildman–Crippen LogP) is 37.3. The molecule has 145 heavy (non-hydrogen) atoms. The maximum absolute atomic E-state index is 7.31. The highest BCUT2D eigenvalue weighted by molar-refractivity contribution is 6.36. The van der Waals surface area contributed by atoms with Crippen molar-refractivity contribution in [2.24, 2.45) is 0 Å². The summed E-state index contributed by atoms with van der Waals surface area (Å²) in [5.41, 5.74) is 29.1. The van der Waals surface area contributed by atoms with Crippen LogP contribution in [0.2, 0.25) is 0 Å². The molecule has 9 heterocycles. The van der Waals surface area contributed by atoms with E-state index in [0.29, 0.717) is 5.69 Å². The van der Waals surface area contributed by atoms with Gasteiger partial charge in [-0.25, -0.2) is 4.85 Å². The van der Waals surface area contributed by atoms with Gasteiger partial charge < -0.3 is 40.7 Å². The van der Waals surface area contributed by atoms with Crippen LogP contribution in [0.1, 0.15) is 0 Å². The first-order valence-corrected chi connectivity index (χ1v) is 49.4. The second-order valence-corrected chi connectivity index (χ2v) is 38.1. The largest absolute Gasteiger partial charge is 0.455 e. The molecule has 0 radical (unpaired) electrons. The average molecular weight is 1850 g/mol. The van der Waals surface area contributed by atoms with Gasteiger partial charge in [-0.2, -0.15) is 0 Å². The molecule has 9 aromatic heterocycles. The molecule has 10 nitrogen and oxygen atoms in total. The molecule has 0 spiro atoms. The number of fused-ring (bicyclic) bond motifs is 42. The monoisotopic (exact) mass is 1850 g/mol. The van der Waals surface area contributed by atoms with Crippen LogP contribution in [0.4, 0.5) is 5.69 Å². The lowest BCUT2D eigenvalue weighted by molar-refractivity contribution is 0.672. The van der Waals surface area contributed by atoms with E-state index in [1.54, 1.807) is 0 Å². The maximum atomic E-state index is 7.31. The fourth-order valence-corrected chi connectivity index (χ4v) is 24.6. The van der Waals surface area contributed by atoms with Crippen molar-refractivity contribution in [2.45, 2.75) is 0 Å². The van der Waals surface area contributed by atoms with E-state index in [-0.39, 0.29) is 0 Å². The van der Waals surface area contributed by atoms with Crippen LogP contribution in [0.15, 0.2) is 492 Å². The average Bonchev–Trinajstić information content (AvgIpc) is 1.54. The van der Waals surface area contributed by atoms with Crippen LogP contribution < -0.4 is 0 Å². The Morgan fingerprint density at radius 1 is 0.166 bits per heavy atom. The summed E-state index contributed by atoms with van der Waals surface area (Å²) in [6, 6.07) is 172. The Labute approximate surface area is 827 Å². The first-order valence-electron chi connectivity index (χ1n) is 49.4. The minimum absolute atomic E-state index is 0.645. The number of para-hydroxylation sites is 9. The summed E-state index contributed by atoms with van der Waals surface area (Å²) in [5, 5.41) is 33.6. The van der Waals surface area contributed by atoms with Crippen molar-refractivity contribution in [2.75, 3.05) is 0 Å². The van der Waals surface area contributed by atoms with Crippen molar-refractivity contribution in [3.8, 4) is 45.3 Å². The first-order chi connectivity index (χ1) is 72.0. The molecule has 0 unspecified atom stereocenters. The molecule has 33 rings (SSSR count). The molecule has 33 aromatic rings. The summed E-state index contributed by atoms with van der Waals surface area (Å²) >= 11 is 0. The van der Waals surface area contributed by atoms with E-state index in [1.807, 2.05) is 36.4 Å². The first kappa shape index (κ1) is 80.2. The van der Waals surface area contributed by atoms with Crippen molar-refractivity contribution >= 4 is 256 Å². The zero-order chi connectivity index (χ0) is 94.9. The van der Waals surface area contributed by atoms with Crippen LogP contribution in [0.25, 0.3) is 301 Å². The molecule has 0 N–H and O–H groups in total. The fourth-order valence-electron chi connectivity index (χ4n) is 24.6. The van der Waals surface area contributed by atoms with Crippen LogP contribution in [0.3, 0.4) is 0 Å². The Hall–Kier alpha value is -19.7. The second-order valence-electron chi connectivity index (χ2n) is 38.1. The third-order valence-electron chi connectivity index (χ3n) is 30.7. The molecule has 0 atom stereocenters. The van der Waals surface area contributed by atoms with E-state index < -0.39 is 0 Å². The lowest BCUT2D eigenvalue weighted by Crippen LogP contribution is -1.97. The zero-order valence-corrected chi connectivity index (χ0v) is 78.0. The molecule has 0 aliphatic rings. The standard InChI is InChI=1S/C48H28N2O.C44H26N2O.C43H25N3O/c1-2-12-29(13-3-1)49-41-20-10-8-19-38(41)45-42(49)27-25-39-46-43(26-24-37-36-18-9-11-21-44(36)51-48(37)46)50(47(39)45)30-22-23-35-33-16-5-4-14-31(33)32-15-6-7-17-34(32)40(35)28-30;1-2-13-28(14-3-1)45-36-20-10-8-19-34(36)41-37(45)25-23-35-42-38(24-22-33-32-18-9-11-21-40(32)47-44(33)42)46(43(35)41)39-26-27-12-4-5-15-29(27)30-16-6-7-17-31(30)39;1-44-29-19-15-27(16-20-29)28-17-21-31(22-18-28)46-38-25-23-33-32-11-6-8-14-39(32)47-43(33)41(38)35-24-26-37-40(42(35)46)34-12-5-7-13-36(34)45(37)30-9-3-2-4-10-30/h1-28H;1-26H;2-26H. The highest BCUT2D eigenvalue weighted by Gasteiger charge is 2.31. The number of hydrogen-bond donors (Lipinski definition) is 0. The van der Waals surface area contributed by atoms with E-state index >= 15 is 0 Å². The van der Waals surface area contributed by atoms with Crippen molar-refractivity contribution in [1.29, 1.82) is 0 Å². The van der Waals surface area contributed by atoms with Crippen molar-refractivity contribution < 1.29 is 13.3 Å². The van der Waals surface area contributed by atoms with Gasteiger partial charge in [0.05, 0.1) is 94.6 Å². The number of aromatic nitrogens is 6. The van der Waals surface area contributed by atoms with E-state index in [0.717, 1.165) is 155 Å². The SMILES string of the molecule is [C-]#[N+]c1ccc(-c2ccc(-n3c4ccc5c6ccccc6oc5c4c4ccc5c(c6ccccc6n5-c5ccccc5)c43)cc2)cc1.c1ccc(-n2c3ccccc3c3c2ccc2c4c5oc6ccccc6c5ccc4n(-c4cc5ccccc5c5ccccc45)c23)cc1.c1ccc(-n2c3ccccc3c3c2ccc2c4c5oc6ccccc6c5ccc4n(-c4ccc5c6ccccc6c6ccccc6c5c4)c23)cc1. The quantitative estimate of drug-likeness (QED) is 0.118. The van der Waals surface area contributed by atoms with Gasteiger partial charge in [-0.15, -0.1) is 0 Å². The maximum Gasteiger partial charge on any atom is 0.187 e. The Kier molecular flexibility index (Phi) is 17.2. The smallest absolute Gasteiger partial charge is 0.187 e. The van der Waals surface area contributed by atoms with Crippen LogP contribution in [0.5, 0.6) is 0 Å². The normalized spacial score (nSPS) is 12.1. The Morgan fingerprint density at radius 3 is 0.848 bits per heavy atom. The van der Waals surface area contributed by atoms with E-state index in [2.05, 4.69) is 475 Å². The van der Waals surface area contributed by atoms with Crippen LogP contribution in [0, 0.1) is 6.57 Å². The van der Waals surface area contributed by atoms with Gasteiger partial charge in [0.1, 0.15) is 33.5 Å². The van der Waals surface area contributed by atoms with Gasteiger partial charge in [0.2, 0.25) is 0 Å². The molecule has 0 fully saturated rings. The van der Waals surface area contributed by atoms with Crippen molar-refractivity contribution in [1.82, 2.24) is 27.4 Å². The molecule has 0 amide bonds. The number of rotatable bonds is 7. The molecular weight excluding hydrogens is 1770 g/mol. The van der Waals surface area contributed by atoms with Gasteiger partial charge in [-0.05, 0) is 236 Å². The molecule has 10 heteroatoms. The molecule has 0 aliphatic heterocycles. The summed E-state index contributed by atoms with van der Waals surface area (Å²) < 4.78 is 34.7. The molecule has 0 saturated carbocycles. The number of furan rings is 3. The minimum atomic E-state index is 0.645. The third kappa shape index (κ3) is 11.7. The van der Waals surface area contributed by atoms with Gasteiger partial charge in [-0.3, -0.25) is 0 Å². The summed E-state index contributed by atoms with van der Waals surface area (Å²) in [6.45, 7) is 7.31. The van der Waals surface area contributed by atoms with E-state index in [1.165, 1.54) is 141 Å². The number of hydrogen-bond acceptors (Lipinski definition) is 3. The molecule has 0 bridgehead atoms. The van der Waals surface area contributed by atoms with Crippen LogP contribution in [-0.4, -0.2) is 27.4 Å². The summed E-state index contributed by atoms with van der Waals surface area (Å²) in [4.78, 5) is 3.55. The fraction of sp³-hybridized carbons (Fsp3) is 0. The molecule has 0 saturated heterocycles. The van der Waals surface area contributed by atoms with Crippen LogP contribution >= 0.6 is 0 Å². The summed E-state index contributed by atoms with van der Waals surface area (Å²) in [7, 11) is 0. The predicted molar refractivity (Wildman–Crippen MR) is 606 cm³/mol. The van der Waals surface area contributed by atoms with Crippen molar-refractivity contribution in [3.05, 3.63) is 491 Å². The molecule has 24 aromatic carbocycles. The second kappa shape index (κ2) is 31.1. The minimum Gasteiger partial charge on any atom is -0.455 e. The third-order valence-corrected chi connectivity index (χ3v) is 30.7. The van der Waals surface area contributed by atoms with E-state index in [9.17, 15) is 0 Å². The lowest BCUT2D eigenvalue weighted by Gasteiger charge is -2.15. The zero-order valence-electron chi connectivity index (χ0n) is 78.0. The lowest BCUT2D eigenvalue weighted by atomic mass is 9.94. The highest BCUT2D eigenvalue weighted by Crippen LogP contribution is 2.53. The van der Waals surface area contributed by atoms with Gasteiger partial charge in [-0.1, -0.05) is 303 Å². The van der Waals surface area contributed by atoms with E-state index in [4.69, 9.17) is 19.8 Å². The van der Waals surface area contributed by atoms with Gasteiger partial charge in [0.15, 0.2) is 5.69 Å². The highest BCUT2D eigenvalue weighted by atomic mass is 16.3. The van der Waals surface area contributed by atoms with Crippen molar-refractivity contribution in [3.63, 3.8) is 0 Å². The summed E-state index contributed by atoms with van der Waals surface area (Å²) in [5.74, 6) is 0. The Morgan fingerprint density at radius 2 is 0.441 bits per heavy atom. The summed E-state index contributed by atoms with van der Waals surface area (Å²) in [6.07, 6.45) is 0. The van der Waals surface area contributed by atoms with Gasteiger partial charge in [0.25, 0.3) is 0 Å². The van der Waals surface area contributed by atoms with Gasteiger partial charge in [0, 0.05) is 115 Å². The Balaban J connectivity index is 0.0000000991. The van der Waals surface area contributed by atoms with Gasteiger partial charge >= 0.3 is 0 Å². The molecule has 672 valence electrons. The number of benzene rings is 24. The molecule has 0 aliphatic carbocycles. The van der Waals surface area contributed by atoms with Crippen LogP contribution in [-0.2, 0) is 0 Å².